The zero-order valence-corrected chi connectivity index (χ0v) is 12.3. The molecule has 0 spiro atoms. The van der Waals surface area contributed by atoms with Gasteiger partial charge in [-0.15, -0.1) is 0 Å². The van der Waals surface area contributed by atoms with Crippen molar-refractivity contribution in [1.29, 1.82) is 0 Å². The lowest BCUT2D eigenvalue weighted by atomic mass is 10.2. The van der Waals surface area contributed by atoms with Crippen LogP contribution in [0.2, 0.25) is 0 Å². The minimum Gasteiger partial charge on any atom is -0.410 e. The van der Waals surface area contributed by atoms with Crippen molar-refractivity contribution >= 4 is 6.09 Å². The van der Waals surface area contributed by atoms with Gasteiger partial charge in [0.05, 0.1) is 0 Å². The molecule has 1 aromatic rings. The van der Waals surface area contributed by atoms with Crippen LogP contribution in [0.3, 0.4) is 0 Å². The predicted octanol–water partition coefficient (Wildman–Crippen LogP) is 4.39. The Balaban J connectivity index is 2.15. The summed E-state index contributed by atoms with van der Waals surface area (Å²) in [6, 6.07) is 7.38. The maximum atomic E-state index is 11.5. The molecule has 0 unspecified atom stereocenters. The molecule has 0 saturated heterocycles. The highest BCUT2D eigenvalue weighted by atomic mass is 16.5. The standard InChI is InChI=1S/C17H23NO2/c1-3-4-5-6-7-8-9-14-18-17(19)20-16-12-10-15(2)11-13-16/h4-5,8-13H,3,6-7,14H2,1-2H3,(H,18,19)/b5-4-,9-8+. The Morgan fingerprint density at radius 1 is 1.10 bits per heavy atom. The monoisotopic (exact) mass is 273 g/mol. The smallest absolute Gasteiger partial charge is 0.410 e. The molecule has 1 rings (SSSR count). The topological polar surface area (TPSA) is 38.3 Å². The van der Waals surface area contributed by atoms with Crippen LogP contribution in [0.25, 0.3) is 0 Å². The van der Waals surface area contributed by atoms with Gasteiger partial charge in [0.15, 0.2) is 0 Å². The average Bonchev–Trinajstić information content (AvgIpc) is 2.44. The molecule has 3 heteroatoms. The lowest BCUT2D eigenvalue weighted by Gasteiger charge is -2.04. The third kappa shape index (κ3) is 7.41. The number of benzene rings is 1. The summed E-state index contributed by atoms with van der Waals surface area (Å²) in [5.41, 5.74) is 1.14. The summed E-state index contributed by atoms with van der Waals surface area (Å²) in [7, 11) is 0. The fourth-order valence-electron chi connectivity index (χ4n) is 1.57. The molecule has 108 valence electrons. The molecule has 0 aliphatic rings. The van der Waals surface area contributed by atoms with Gasteiger partial charge in [-0.3, -0.25) is 0 Å². The third-order valence-corrected chi connectivity index (χ3v) is 2.66. The summed E-state index contributed by atoms with van der Waals surface area (Å²) in [5.74, 6) is 0.557. The Bertz CT molecular complexity index is 447. The van der Waals surface area contributed by atoms with Crippen molar-refractivity contribution in [2.45, 2.75) is 33.1 Å². The molecule has 0 saturated carbocycles. The normalized spacial score (nSPS) is 11.1. The van der Waals surface area contributed by atoms with Crippen LogP contribution < -0.4 is 10.1 Å². The molecule has 1 aromatic carbocycles. The molecule has 1 amide bonds. The summed E-state index contributed by atoms with van der Waals surface area (Å²) < 4.78 is 5.13. The van der Waals surface area contributed by atoms with Crippen LogP contribution in [0.15, 0.2) is 48.6 Å². The van der Waals surface area contributed by atoms with Crippen molar-refractivity contribution in [3.63, 3.8) is 0 Å². The first-order valence-corrected chi connectivity index (χ1v) is 7.04. The van der Waals surface area contributed by atoms with Gasteiger partial charge in [0.1, 0.15) is 5.75 Å². The Labute approximate surface area is 121 Å². The number of nitrogens with one attached hydrogen (secondary N) is 1. The van der Waals surface area contributed by atoms with Crippen molar-refractivity contribution < 1.29 is 9.53 Å². The van der Waals surface area contributed by atoms with Gasteiger partial charge in [0.2, 0.25) is 0 Å². The summed E-state index contributed by atoms with van der Waals surface area (Å²) in [6.45, 7) is 4.60. The van der Waals surface area contributed by atoms with E-state index in [-0.39, 0.29) is 0 Å². The fourth-order valence-corrected chi connectivity index (χ4v) is 1.57. The largest absolute Gasteiger partial charge is 0.412 e. The number of hydrogen-bond donors (Lipinski definition) is 1. The van der Waals surface area contributed by atoms with Gasteiger partial charge >= 0.3 is 6.09 Å². The van der Waals surface area contributed by atoms with E-state index in [1.54, 1.807) is 12.1 Å². The van der Waals surface area contributed by atoms with Gasteiger partial charge in [-0.25, -0.2) is 4.79 Å². The second-order valence-electron chi connectivity index (χ2n) is 4.51. The van der Waals surface area contributed by atoms with E-state index >= 15 is 0 Å². The van der Waals surface area contributed by atoms with Crippen molar-refractivity contribution in [3.05, 3.63) is 54.1 Å². The number of ether oxygens (including phenoxy) is 1. The number of allylic oxidation sites excluding steroid dienone is 3. The molecular formula is C17H23NO2. The first-order chi connectivity index (χ1) is 9.72. The number of rotatable bonds is 7. The minimum absolute atomic E-state index is 0.426. The zero-order valence-electron chi connectivity index (χ0n) is 12.3. The van der Waals surface area contributed by atoms with Gasteiger partial charge < -0.3 is 10.1 Å². The summed E-state index contributed by atoms with van der Waals surface area (Å²) in [5, 5.41) is 2.68. The van der Waals surface area contributed by atoms with Crippen LogP contribution in [0.5, 0.6) is 5.75 Å². The van der Waals surface area contributed by atoms with E-state index in [2.05, 4.69) is 30.5 Å². The number of aryl methyl sites for hydroxylation is 1. The molecule has 0 radical (unpaired) electrons. The maximum Gasteiger partial charge on any atom is 0.412 e. The Kier molecular flexibility index (Phi) is 7.89. The van der Waals surface area contributed by atoms with Gasteiger partial charge in [0.25, 0.3) is 0 Å². The molecule has 3 nitrogen and oxygen atoms in total. The van der Waals surface area contributed by atoms with Crippen LogP contribution in [-0.2, 0) is 0 Å². The minimum atomic E-state index is -0.426. The molecular weight excluding hydrogens is 250 g/mol. The van der Waals surface area contributed by atoms with E-state index in [1.165, 1.54) is 0 Å². The first-order valence-electron chi connectivity index (χ1n) is 7.04. The van der Waals surface area contributed by atoms with Crippen molar-refractivity contribution in [1.82, 2.24) is 5.32 Å². The van der Waals surface area contributed by atoms with Gasteiger partial charge in [-0.1, -0.05) is 48.9 Å². The Morgan fingerprint density at radius 2 is 1.75 bits per heavy atom. The molecule has 0 fully saturated rings. The SMILES string of the molecule is CC/C=C\CC/C=C/CNC(=O)Oc1ccc(C)cc1. The van der Waals surface area contributed by atoms with Crippen LogP contribution in [0.1, 0.15) is 31.7 Å². The second kappa shape index (κ2) is 9.84. The lowest BCUT2D eigenvalue weighted by Crippen LogP contribution is -2.26. The van der Waals surface area contributed by atoms with Gasteiger partial charge in [-0.05, 0) is 38.3 Å². The van der Waals surface area contributed by atoms with E-state index in [1.807, 2.05) is 25.1 Å². The first kappa shape index (κ1) is 16.0. The van der Waals surface area contributed by atoms with E-state index in [0.29, 0.717) is 12.3 Å². The number of hydrogen-bond acceptors (Lipinski definition) is 2. The molecule has 0 aliphatic carbocycles. The van der Waals surface area contributed by atoms with Crippen molar-refractivity contribution in [2.75, 3.05) is 6.54 Å². The summed E-state index contributed by atoms with van der Waals surface area (Å²) in [4.78, 5) is 11.5. The van der Waals surface area contributed by atoms with E-state index in [9.17, 15) is 4.79 Å². The molecule has 0 bridgehead atoms. The van der Waals surface area contributed by atoms with Gasteiger partial charge in [-0.2, -0.15) is 0 Å². The average molecular weight is 273 g/mol. The van der Waals surface area contributed by atoms with E-state index in [4.69, 9.17) is 4.74 Å². The second-order valence-corrected chi connectivity index (χ2v) is 4.51. The highest BCUT2D eigenvalue weighted by Crippen LogP contribution is 2.11. The summed E-state index contributed by atoms with van der Waals surface area (Å²) in [6.07, 6.45) is 11.0. The molecule has 0 aromatic heterocycles. The fraction of sp³-hybridized carbons (Fsp3) is 0.353. The highest BCUT2D eigenvalue weighted by molar-refractivity contribution is 5.70. The predicted molar refractivity (Wildman–Crippen MR) is 83.0 cm³/mol. The van der Waals surface area contributed by atoms with Crippen LogP contribution >= 0.6 is 0 Å². The molecule has 0 aliphatic heterocycles. The molecule has 0 atom stereocenters. The molecule has 1 N–H and O–H groups in total. The van der Waals surface area contributed by atoms with Crippen LogP contribution in [0.4, 0.5) is 4.79 Å². The third-order valence-electron chi connectivity index (χ3n) is 2.66. The number of carbonyl (C=O) groups excluding carboxylic acids is 1. The number of carbonyl (C=O) groups is 1. The van der Waals surface area contributed by atoms with Gasteiger partial charge in [0, 0.05) is 6.54 Å². The van der Waals surface area contributed by atoms with E-state index in [0.717, 1.165) is 24.8 Å². The van der Waals surface area contributed by atoms with E-state index < -0.39 is 6.09 Å². The van der Waals surface area contributed by atoms with Crippen molar-refractivity contribution in [2.24, 2.45) is 0 Å². The Hall–Kier alpha value is -2.03. The lowest BCUT2D eigenvalue weighted by molar-refractivity contribution is 0.201. The quantitative estimate of drug-likeness (QED) is 0.591. The maximum absolute atomic E-state index is 11.5. The zero-order chi connectivity index (χ0) is 14.6. The van der Waals surface area contributed by atoms with Crippen molar-refractivity contribution in [3.8, 4) is 5.75 Å². The van der Waals surface area contributed by atoms with Crippen LogP contribution in [0, 0.1) is 6.92 Å². The highest BCUT2D eigenvalue weighted by Gasteiger charge is 2.01. The Morgan fingerprint density at radius 3 is 2.40 bits per heavy atom. The number of amides is 1. The van der Waals surface area contributed by atoms with Crippen LogP contribution in [-0.4, -0.2) is 12.6 Å². The molecule has 20 heavy (non-hydrogen) atoms. The number of unbranched alkanes of at least 4 members (excludes halogenated alkanes) is 1. The molecule has 0 heterocycles. The summed E-state index contributed by atoms with van der Waals surface area (Å²) >= 11 is 0.